The summed E-state index contributed by atoms with van der Waals surface area (Å²) in [6, 6.07) is 13.6. The third-order valence-electron chi connectivity index (χ3n) is 4.52. The van der Waals surface area contributed by atoms with Gasteiger partial charge in [-0.25, -0.2) is 4.79 Å². The fraction of sp³-hybridized carbons (Fsp3) is 0.0952. The zero-order valence-electron chi connectivity index (χ0n) is 15.0. The second kappa shape index (κ2) is 7.03. The zero-order chi connectivity index (χ0) is 19.7. The molecular formula is C21H16N2O5. The lowest BCUT2D eigenvalue weighted by Gasteiger charge is -2.25. The summed E-state index contributed by atoms with van der Waals surface area (Å²) < 4.78 is 10.6. The molecule has 0 spiro atoms. The molecule has 3 aromatic rings. The first-order valence-electron chi connectivity index (χ1n) is 8.55. The fourth-order valence-corrected chi connectivity index (χ4v) is 3.15. The van der Waals surface area contributed by atoms with E-state index in [1.165, 1.54) is 12.3 Å². The number of hydrogen-bond acceptors (Lipinski definition) is 5. The van der Waals surface area contributed by atoms with Gasteiger partial charge in [0.2, 0.25) is 0 Å². The Morgan fingerprint density at radius 3 is 2.54 bits per heavy atom. The number of ether oxygens (including phenoxy) is 1. The van der Waals surface area contributed by atoms with Crippen LogP contribution in [-0.2, 0) is 16.1 Å². The zero-order valence-corrected chi connectivity index (χ0v) is 15.0. The van der Waals surface area contributed by atoms with E-state index >= 15 is 0 Å². The molecule has 1 saturated heterocycles. The van der Waals surface area contributed by atoms with Gasteiger partial charge in [0.25, 0.3) is 11.8 Å². The molecule has 1 N–H and O–H groups in total. The number of fused-ring (bicyclic) bond motifs is 1. The molecule has 0 bridgehead atoms. The molecule has 28 heavy (non-hydrogen) atoms. The summed E-state index contributed by atoms with van der Waals surface area (Å²) in [6.07, 6.45) is 2.94. The highest BCUT2D eigenvalue weighted by Gasteiger charge is 2.36. The summed E-state index contributed by atoms with van der Waals surface area (Å²) in [5.41, 5.74) is 0.545. The van der Waals surface area contributed by atoms with Gasteiger partial charge < -0.3 is 9.15 Å². The maximum absolute atomic E-state index is 12.8. The number of methoxy groups -OCH3 is 1. The van der Waals surface area contributed by atoms with Gasteiger partial charge in [-0.05, 0) is 35.2 Å². The Bertz CT molecular complexity index is 1120. The number of furan rings is 1. The lowest BCUT2D eigenvalue weighted by molar-refractivity contribution is -0.130. The number of nitrogens with zero attached hydrogens (tertiary/aromatic N) is 1. The van der Waals surface area contributed by atoms with Gasteiger partial charge in [-0.2, -0.15) is 0 Å². The van der Waals surface area contributed by atoms with Crippen LogP contribution in [0.15, 0.2) is 64.8 Å². The van der Waals surface area contributed by atoms with Gasteiger partial charge in [0, 0.05) is 5.39 Å². The van der Waals surface area contributed by atoms with Crippen molar-refractivity contribution in [3.63, 3.8) is 0 Å². The monoisotopic (exact) mass is 376 g/mol. The van der Waals surface area contributed by atoms with Crippen LogP contribution in [0.1, 0.15) is 11.3 Å². The summed E-state index contributed by atoms with van der Waals surface area (Å²) in [5.74, 6) is -0.283. The molecule has 0 saturated carbocycles. The molecule has 0 aliphatic carbocycles. The number of rotatable bonds is 4. The summed E-state index contributed by atoms with van der Waals surface area (Å²) in [7, 11) is 1.58. The summed E-state index contributed by atoms with van der Waals surface area (Å²) in [6.45, 7) is -0.0638. The van der Waals surface area contributed by atoms with Crippen molar-refractivity contribution in [1.29, 1.82) is 0 Å². The van der Waals surface area contributed by atoms with Crippen LogP contribution in [0.25, 0.3) is 16.8 Å². The largest absolute Gasteiger partial charge is 0.496 e. The molecule has 2 heterocycles. The SMILES string of the molecule is COc1ccc(/C=C2/C(=O)NC(=O)N(Cc3ccco3)C2=O)c2ccccc12. The van der Waals surface area contributed by atoms with Gasteiger partial charge >= 0.3 is 6.03 Å². The number of nitrogens with one attached hydrogen (secondary N) is 1. The van der Waals surface area contributed by atoms with E-state index in [1.807, 2.05) is 24.3 Å². The number of amides is 4. The van der Waals surface area contributed by atoms with E-state index in [1.54, 1.807) is 31.4 Å². The highest BCUT2D eigenvalue weighted by Crippen LogP contribution is 2.30. The van der Waals surface area contributed by atoms with Crippen molar-refractivity contribution >= 4 is 34.7 Å². The molecule has 0 atom stereocenters. The summed E-state index contributed by atoms with van der Waals surface area (Å²) in [5, 5.41) is 3.88. The van der Waals surface area contributed by atoms with Gasteiger partial charge in [-0.1, -0.05) is 30.3 Å². The molecule has 2 aromatic carbocycles. The maximum atomic E-state index is 12.8. The Hall–Kier alpha value is -3.87. The minimum absolute atomic E-state index is 0.0638. The van der Waals surface area contributed by atoms with Crippen LogP contribution >= 0.6 is 0 Å². The van der Waals surface area contributed by atoms with Gasteiger partial charge in [0.1, 0.15) is 17.1 Å². The first kappa shape index (κ1) is 17.5. The summed E-state index contributed by atoms with van der Waals surface area (Å²) in [4.78, 5) is 38.2. The number of barbiturate groups is 1. The van der Waals surface area contributed by atoms with E-state index in [9.17, 15) is 14.4 Å². The third-order valence-corrected chi connectivity index (χ3v) is 4.52. The molecule has 1 aliphatic rings. The maximum Gasteiger partial charge on any atom is 0.331 e. The number of carbonyl (C=O) groups is 3. The van der Waals surface area contributed by atoms with E-state index in [2.05, 4.69) is 5.32 Å². The van der Waals surface area contributed by atoms with E-state index in [0.29, 0.717) is 17.1 Å². The van der Waals surface area contributed by atoms with Crippen LogP contribution in [0.4, 0.5) is 4.79 Å². The second-order valence-corrected chi connectivity index (χ2v) is 6.19. The molecule has 0 radical (unpaired) electrons. The van der Waals surface area contributed by atoms with Crippen molar-refractivity contribution in [2.24, 2.45) is 0 Å². The smallest absolute Gasteiger partial charge is 0.331 e. The van der Waals surface area contributed by atoms with Crippen LogP contribution < -0.4 is 10.1 Å². The van der Waals surface area contributed by atoms with E-state index < -0.39 is 17.8 Å². The van der Waals surface area contributed by atoms with Crippen molar-refractivity contribution in [1.82, 2.24) is 10.2 Å². The van der Waals surface area contributed by atoms with Gasteiger partial charge in [0.05, 0.1) is 19.9 Å². The summed E-state index contributed by atoms with van der Waals surface area (Å²) >= 11 is 0. The first-order valence-corrected chi connectivity index (χ1v) is 8.55. The first-order chi connectivity index (χ1) is 13.6. The lowest BCUT2D eigenvalue weighted by Crippen LogP contribution is -2.53. The van der Waals surface area contributed by atoms with Crippen molar-refractivity contribution in [2.75, 3.05) is 7.11 Å². The van der Waals surface area contributed by atoms with E-state index in [4.69, 9.17) is 9.15 Å². The molecule has 7 heteroatoms. The fourth-order valence-electron chi connectivity index (χ4n) is 3.15. The Morgan fingerprint density at radius 2 is 1.82 bits per heavy atom. The van der Waals surface area contributed by atoms with Crippen LogP contribution in [0, 0.1) is 0 Å². The predicted octanol–water partition coefficient (Wildman–Crippen LogP) is 3.10. The predicted molar refractivity (Wildman–Crippen MR) is 101 cm³/mol. The quantitative estimate of drug-likeness (QED) is 0.558. The number of imide groups is 2. The van der Waals surface area contributed by atoms with Crippen LogP contribution in [0.5, 0.6) is 5.75 Å². The molecule has 0 unspecified atom stereocenters. The molecule has 140 valence electrons. The van der Waals surface area contributed by atoms with Crippen molar-refractivity contribution in [3.8, 4) is 5.75 Å². The number of urea groups is 1. The minimum atomic E-state index is -0.775. The van der Waals surface area contributed by atoms with Crippen molar-refractivity contribution in [3.05, 3.63) is 71.7 Å². The van der Waals surface area contributed by atoms with Crippen LogP contribution in [0.3, 0.4) is 0 Å². The highest BCUT2D eigenvalue weighted by atomic mass is 16.5. The Labute approximate surface area is 160 Å². The van der Waals surface area contributed by atoms with Crippen molar-refractivity contribution in [2.45, 2.75) is 6.54 Å². The van der Waals surface area contributed by atoms with E-state index in [0.717, 1.165) is 15.7 Å². The molecule has 4 rings (SSSR count). The molecule has 4 amide bonds. The van der Waals surface area contributed by atoms with E-state index in [-0.39, 0.29) is 12.1 Å². The number of carbonyl (C=O) groups excluding carboxylic acids is 3. The molecule has 1 aliphatic heterocycles. The Morgan fingerprint density at radius 1 is 1.04 bits per heavy atom. The lowest BCUT2D eigenvalue weighted by atomic mass is 10.00. The van der Waals surface area contributed by atoms with Gasteiger partial charge in [0.15, 0.2) is 0 Å². The number of benzene rings is 2. The van der Waals surface area contributed by atoms with Gasteiger partial charge in [-0.3, -0.25) is 19.8 Å². The minimum Gasteiger partial charge on any atom is -0.496 e. The number of hydrogen-bond donors (Lipinski definition) is 1. The van der Waals surface area contributed by atoms with Crippen LogP contribution in [0.2, 0.25) is 0 Å². The van der Waals surface area contributed by atoms with Gasteiger partial charge in [-0.15, -0.1) is 0 Å². The molecule has 1 aromatic heterocycles. The van der Waals surface area contributed by atoms with Crippen molar-refractivity contribution < 1.29 is 23.5 Å². The van der Waals surface area contributed by atoms with Crippen LogP contribution in [-0.4, -0.2) is 29.9 Å². The molecule has 1 fully saturated rings. The average Bonchev–Trinajstić information content (AvgIpc) is 3.21. The normalized spacial score (nSPS) is 16.0. The Balaban J connectivity index is 1.76. The average molecular weight is 376 g/mol. The Kier molecular flexibility index (Phi) is 4.41. The topological polar surface area (TPSA) is 88.8 Å². The highest BCUT2D eigenvalue weighted by molar-refractivity contribution is 6.31. The molecule has 7 nitrogen and oxygen atoms in total. The second-order valence-electron chi connectivity index (χ2n) is 6.19. The standard InChI is InChI=1S/C21H16N2O5/c1-27-18-9-8-13(15-6-2-3-7-16(15)18)11-17-19(24)22-21(26)23(20(17)25)12-14-5-4-10-28-14/h2-11H,12H2,1H3,(H,22,24,26)/b17-11-. The third kappa shape index (κ3) is 3.03. The molecular weight excluding hydrogens is 360 g/mol.